The van der Waals surface area contributed by atoms with Gasteiger partial charge in [0.25, 0.3) is 0 Å². The molecule has 0 aromatic heterocycles. The van der Waals surface area contributed by atoms with Gasteiger partial charge in [0.05, 0.1) is 11.6 Å². The summed E-state index contributed by atoms with van der Waals surface area (Å²) in [7, 11) is 5.05. The zero-order valence-electron chi connectivity index (χ0n) is 9.53. The molecule has 4 heteroatoms. The van der Waals surface area contributed by atoms with Crippen molar-refractivity contribution in [1.82, 2.24) is 4.90 Å². The second-order valence-electron chi connectivity index (χ2n) is 3.46. The number of likely N-dealkylation sites (N-methyl/N-ethyl adjacent to an activating group) is 1. The van der Waals surface area contributed by atoms with Gasteiger partial charge in [-0.25, -0.2) is 0 Å². The summed E-state index contributed by atoms with van der Waals surface area (Å²) in [6.07, 6.45) is 3.31. The number of hydrogen-bond donors (Lipinski definition) is 0. The summed E-state index contributed by atoms with van der Waals surface area (Å²) in [5.41, 5.74) is 0.947. The molecule has 1 amide bonds. The Hall–Kier alpha value is -1.29. The molecule has 0 saturated carbocycles. The van der Waals surface area contributed by atoms with Crippen molar-refractivity contribution in [2.24, 2.45) is 0 Å². The van der Waals surface area contributed by atoms with Crippen molar-refractivity contribution in [2.45, 2.75) is 0 Å². The molecule has 1 aromatic rings. The molecule has 0 N–H and O–H groups in total. The summed E-state index contributed by atoms with van der Waals surface area (Å²) in [6.45, 7) is 0. The Morgan fingerprint density at radius 2 is 2.12 bits per heavy atom. The highest BCUT2D eigenvalue weighted by Gasteiger charge is 2.00. The van der Waals surface area contributed by atoms with Gasteiger partial charge < -0.3 is 9.64 Å². The van der Waals surface area contributed by atoms with Gasteiger partial charge in [-0.15, -0.1) is 0 Å². The standard InChI is InChI=1S/C12H14BrNO2/c1-14(2)12(15)7-5-9-4-6-11(16-3)10(13)8-9/h4-8H,1-3H3. The van der Waals surface area contributed by atoms with Crippen LogP contribution in [0.2, 0.25) is 0 Å². The average molecular weight is 284 g/mol. The highest BCUT2D eigenvalue weighted by Crippen LogP contribution is 2.25. The van der Waals surface area contributed by atoms with Crippen molar-refractivity contribution >= 4 is 27.9 Å². The molecule has 0 aliphatic carbocycles. The van der Waals surface area contributed by atoms with Crippen molar-refractivity contribution in [3.8, 4) is 5.75 Å². The summed E-state index contributed by atoms with van der Waals surface area (Å²) in [5, 5.41) is 0. The SMILES string of the molecule is COc1ccc(C=CC(=O)N(C)C)cc1Br. The Morgan fingerprint density at radius 3 is 2.62 bits per heavy atom. The van der Waals surface area contributed by atoms with E-state index in [1.165, 1.54) is 11.0 Å². The molecule has 0 atom stereocenters. The van der Waals surface area contributed by atoms with Crippen molar-refractivity contribution in [2.75, 3.05) is 21.2 Å². The molecule has 0 unspecified atom stereocenters. The summed E-state index contributed by atoms with van der Waals surface area (Å²) >= 11 is 3.39. The van der Waals surface area contributed by atoms with Crippen LogP contribution < -0.4 is 4.74 Å². The third kappa shape index (κ3) is 3.38. The maximum Gasteiger partial charge on any atom is 0.246 e. The maximum absolute atomic E-state index is 11.3. The van der Waals surface area contributed by atoms with Crippen LogP contribution in [0.3, 0.4) is 0 Å². The Kier molecular flexibility index (Phi) is 4.55. The van der Waals surface area contributed by atoms with E-state index in [0.29, 0.717) is 0 Å². The fourth-order valence-corrected chi connectivity index (χ4v) is 1.66. The van der Waals surface area contributed by atoms with Gasteiger partial charge in [-0.2, -0.15) is 0 Å². The number of halogens is 1. The van der Waals surface area contributed by atoms with Crippen LogP contribution in [0.5, 0.6) is 5.75 Å². The van der Waals surface area contributed by atoms with Gasteiger partial charge in [0.1, 0.15) is 5.75 Å². The monoisotopic (exact) mass is 283 g/mol. The highest BCUT2D eigenvalue weighted by atomic mass is 79.9. The topological polar surface area (TPSA) is 29.5 Å². The minimum Gasteiger partial charge on any atom is -0.496 e. The van der Waals surface area contributed by atoms with Crippen LogP contribution in [0.15, 0.2) is 28.7 Å². The van der Waals surface area contributed by atoms with Gasteiger partial charge in [0.2, 0.25) is 5.91 Å². The van der Waals surface area contributed by atoms with Crippen molar-refractivity contribution < 1.29 is 9.53 Å². The lowest BCUT2D eigenvalue weighted by Crippen LogP contribution is -2.18. The summed E-state index contributed by atoms with van der Waals surface area (Å²) in [6, 6.07) is 5.64. The van der Waals surface area contributed by atoms with E-state index in [-0.39, 0.29) is 5.91 Å². The zero-order valence-corrected chi connectivity index (χ0v) is 11.1. The molecule has 3 nitrogen and oxygen atoms in total. The molecule has 1 rings (SSSR count). The number of benzene rings is 1. The maximum atomic E-state index is 11.3. The number of methoxy groups -OCH3 is 1. The van der Waals surface area contributed by atoms with Crippen LogP contribution in [-0.4, -0.2) is 32.0 Å². The predicted octanol–water partition coefficient (Wildman–Crippen LogP) is 2.56. The van der Waals surface area contributed by atoms with E-state index in [9.17, 15) is 4.79 Å². The molecule has 0 saturated heterocycles. The fraction of sp³-hybridized carbons (Fsp3) is 0.250. The number of hydrogen-bond acceptors (Lipinski definition) is 2. The summed E-state index contributed by atoms with van der Waals surface area (Å²) in [4.78, 5) is 12.8. The lowest BCUT2D eigenvalue weighted by molar-refractivity contribution is -0.123. The number of carbonyl (C=O) groups excluding carboxylic acids is 1. The van der Waals surface area contributed by atoms with Gasteiger partial charge in [0.15, 0.2) is 0 Å². The Balaban J connectivity index is 2.83. The molecule has 0 heterocycles. The number of amides is 1. The van der Waals surface area contributed by atoms with Crippen LogP contribution in [0.25, 0.3) is 6.08 Å². The molecule has 16 heavy (non-hydrogen) atoms. The van der Waals surface area contributed by atoms with Gasteiger partial charge in [-0.3, -0.25) is 4.79 Å². The number of carbonyl (C=O) groups is 1. The van der Waals surface area contributed by atoms with Crippen molar-refractivity contribution in [3.63, 3.8) is 0 Å². The van der Waals surface area contributed by atoms with Crippen LogP contribution in [0.4, 0.5) is 0 Å². The molecule has 0 spiro atoms. The van der Waals surface area contributed by atoms with Crippen molar-refractivity contribution in [1.29, 1.82) is 0 Å². The number of rotatable bonds is 3. The molecular formula is C12H14BrNO2. The average Bonchev–Trinajstić information content (AvgIpc) is 2.25. The Bertz CT molecular complexity index is 413. The first-order chi connectivity index (χ1) is 7.54. The van der Waals surface area contributed by atoms with Crippen LogP contribution in [-0.2, 0) is 4.79 Å². The van der Waals surface area contributed by atoms with E-state index in [1.54, 1.807) is 27.3 Å². The third-order valence-corrected chi connectivity index (χ3v) is 2.65. The molecule has 0 aliphatic heterocycles. The van der Waals surface area contributed by atoms with Gasteiger partial charge in [-0.1, -0.05) is 6.07 Å². The van der Waals surface area contributed by atoms with E-state index in [0.717, 1.165) is 15.8 Å². The first kappa shape index (κ1) is 12.8. The second-order valence-corrected chi connectivity index (χ2v) is 4.31. The molecule has 86 valence electrons. The van der Waals surface area contributed by atoms with E-state index in [4.69, 9.17) is 4.74 Å². The molecular weight excluding hydrogens is 270 g/mol. The highest BCUT2D eigenvalue weighted by molar-refractivity contribution is 9.10. The lowest BCUT2D eigenvalue weighted by Gasteiger charge is -2.06. The Morgan fingerprint density at radius 1 is 1.44 bits per heavy atom. The van der Waals surface area contributed by atoms with Crippen LogP contribution in [0, 0.1) is 0 Å². The van der Waals surface area contributed by atoms with E-state index in [2.05, 4.69) is 15.9 Å². The van der Waals surface area contributed by atoms with Crippen LogP contribution >= 0.6 is 15.9 Å². The molecule has 0 fully saturated rings. The van der Waals surface area contributed by atoms with Gasteiger partial charge in [-0.05, 0) is 39.7 Å². The van der Waals surface area contributed by atoms with Gasteiger partial charge >= 0.3 is 0 Å². The summed E-state index contributed by atoms with van der Waals surface area (Å²) in [5.74, 6) is 0.739. The predicted molar refractivity (Wildman–Crippen MR) is 68.4 cm³/mol. The smallest absolute Gasteiger partial charge is 0.246 e. The lowest BCUT2D eigenvalue weighted by atomic mass is 10.2. The van der Waals surface area contributed by atoms with Crippen LogP contribution in [0.1, 0.15) is 5.56 Å². The fourth-order valence-electron chi connectivity index (χ4n) is 1.10. The molecule has 1 aromatic carbocycles. The first-order valence-corrected chi connectivity index (χ1v) is 5.57. The van der Waals surface area contributed by atoms with E-state index < -0.39 is 0 Å². The normalized spacial score (nSPS) is 10.5. The largest absolute Gasteiger partial charge is 0.496 e. The second kappa shape index (κ2) is 5.70. The van der Waals surface area contributed by atoms with E-state index >= 15 is 0 Å². The summed E-state index contributed by atoms with van der Waals surface area (Å²) < 4.78 is 5.99. The van der Waals surface area contributed by atoms with Crippen molar-refractivity contribution in [3.05, 3.63) is 34.3 Å². The number of nitrogens with zero attached hydrogens (tertiary/aromatic N) is 1. The zero-order chi connectivity index (χ0) is 12.1. The molecule has 0 bridgehead atoms. The minimum atomic E-state index is -0.0352. The Labute approximate surface area is 104 Å². The molecule has 0 radical (unpaired) electrons. The number of ether oxygens (including phenoxy) is 1. The minimum absolute atomic E-state index is 0.0352. The molecule has 0 aliphatic rings. The third-order valence-electron chi connectivity index (χ3n) is 2.03. The van der Waals surface area contributed by atoms with E-state index in [1.807, 2.05) is 18.2 Å². The van der Waals surface area contributed by atoms with Gasteiger partial charge in [0, 0.05) is 20.2 Å². The first-order valence-electron chi connectivity index (χ1n) is 4.77. The quantitative estimate of drug-likeness (QED) is 0.798.